The predicted octanol–water partition coefficient (Wildman–Crippen LogP) is 0.685. The van der Waals surface area contributed by atoms with Crippen LogP contribution in [0.4, 0.5) is 0 Å². The number of hydrogen-bond acceptors (Lipinski definition) is 3. The molecule has 1 heterocycles. The number of nitrogens with two attached hydrogens (primary N) is 1. The molecule has 2 aliphatic rings. The van der Waals surface area contributed by atoms with E-state index >= 15 is 0 Å². The van der Waals surface area contributed by atoms with Gasteiger partial charge in [0.15, 0.2) is 0 Å². The van der Waals surface area contributed by atoms with Gasteiger partial charge in [-0.15, -0.1) is 0 Å². The minimum atomic E-state index is 0.371. The summed E-state index contributed by atoms with van der Waals surface area (Å²) in [5.41, 5.74) is 5.57. The molecule has 1 aliphatic carbocycles. The predicted molar refractivity (Wildman–Crippen MR) is 43.6 cm³/mol. The van der Waals surface area contributed by atoms with E-state index in [0.717, 1.165) is 6.42 Å². The summed E-state index contributed by atoms with van der Waals surface area (Å²) in [5.74, 6) is 0.674. The Morgan fingerprint density at radius 2 is 2.18 bits per heavy atom. The minimum absolute atomic E-state index is 0.371. The van der Waals surface area contributed by atoms with Gasteiger partial charge >= 0.3 is 0 Å². The molecule has 0 spiro atoms. The summed E-state index contributed by atoms with van der Waals surface area (Å²) in [4.78, 5) is 4.37. The molecule has 2 unspecified atom stereocenters. The van der Waals surface area contributed by atoms with Gasteiger partial charge in [-0.2, -0.15) is 0 Å². The van der Waals surface area contributed by atoms with Crippen LogP contribution in [0.5, 0.6) is 0 Å². The van der Waals surface area contributed by atoms with Crippen LogP contribution >= 0.6 is 0 Å². The summed E-state index contributed by atoms with van der Waals surface area (Å²) in [6.45, 7) is 0.543. The van der Waals surface area contributed by atoms with Crippen LogP contribution < -0.4 is 5.73 Å². The van der Waals surface area contributed by atoms with E-state index in [4.69, 9.17) is 10.5 Å². The first-order valence-corrected chi connectivity index (χ1v) is 4.30. The molecule has 0 aromatic carbocycles. The first-order chi connectivity index (χ1) is 5.36. The number of fused-ring (bicyclic) bond motifs is 1. The Morgan fingerprint density at radius 1 is 1.36 bits per heavy atom. The Labute approximate surface area is 66.6 Å². The standard InChI is InChI=1S/C8H14N2O/c9-8-5-11-7-4-2-1-3-6(7)10-8/h6-7H,1-5H2,(H2,9,10). The minimum Gasteiger partial charge on any atom is -0.386 e. The van der Waals surface area contributed by atoms with Crippen LogP contribution in [-0.4, -0.2) is 24.6 Å². The van der Waals surface area contributed by atoms with Crippen LogP contribution in [0.2, 0.25) is 0 Å². The number of aliphatic imine (C=N–C) groups is 1. The SMILES string of the molecule is NC1=NC2CCCCC2OC1. The molecule has 0 amide bonds. The molecule has 1 fully saturated rings. The second-order valence-electron chi connectivity index (χ2n) is 3.32. The van der Waals surface area contributed by atoms with Gasteiger partial charge in [-0.1, -0.05) is 12.8 Å². The van der Waals surface area contributed by atoms with Crippen molar-refractivity contribution >= 4 is 5.84 Å². The van der Waals surface area contributed by atoms with E-state index in [1.54, 1.807) is 0 Å². The van der Waals surface area contributed by atoms with Gasteiger partial charge in [-0.25, -0.2) is 0 Å². The maximum absolute atomic E-state index is 5.57. The number of nitrogens with zero attached hydrogens (tertiary/aromatic N) is 1. The van der Waals surface area contributed by atoms with Gasteiger partial charge < -0.3 is 10.5 Å². The van der Waals surface area contributed by atoms with Crippen molar-refractivity contribution < 1.29 is 4.74 Å². The van der Waals surface area contributed by atoms with Crippen LogP contribution in [-0.2, 0) is 4.74 Å². The zero-order chi connectivity index (χ0) is 7.68. The van der Waals surface area contributed by atoms with E-state index in [1.807, 2.05) is 0 Å². The fraction of sp³-hybridized carbons (Fsp3) is 0.875. The van der Waals surface area contributed by atoms with Gasteiger partial charge in [-0.3, -0.25) is 4.99 Å². The Kier molecular flexibility index (Phi) is 1.82. The Balaban J connectivity index is 2.07. The zero-order valence-electron chi connectivity index (χ0n) is 6.62. The third kappa shape index (κ3) is 1.38. The van der Waals surface area contributed by atoms with Crippen molar-refractivity contribution in [1.29, 1.82) is 0 Å². The first kappa shape index (κ1) is 7.10. The van der Waals surface area contributed by atoms with E-state index < -0.39 is 0 Å². The van der Waals surface area contributed by atoms with Crippen molar-refractivity contribution in [2.45, 2.75) is 37.8 Å². The number of hydrogen-bond donors (Lipinski definition) is 1. The molecule has 0 aromatic rings. The topological polar surface area (TPSA) is 47.6 Å². The highest BCUT2D eigenvalue weighted by atomic mass is 16.5. The molecular weight excluding hydrogens is 140 g/mol. The molecule has 3 heteroatoms. The van der Waals surface area contributed by atoms with Crippen molar-refractivity contribution in [2.24, 2.45) is 10.7 Å². The molecule has 11 heavy (non-hydrogen) atoms. The Hall–Kier alpha value is -0.570. The molecule has 2 atom stereocenters. The summed E-state index contributed by atoms with van der Waals surface area (Å²) < 4.78 is 5.54. The lowest BCUT2D eigenvalue weighted by Gasteiger charge is -2.32. The fourth-order valence-electron chi connectivity index (χ4n) is 1.86. The van der Waals surface area contributed by atoms with Crippen LogP contribution in [0.3, 0.4) is 0 Å². The summed E-state index contributed by atoms with van der Waals surface area (Å²) in [6.07, 6.45) is 5.26. The molecule has 2 rings (SSSR count). The maximum Gasteiger partial charge on any atom is 0.120 e. The van der Waals surface area contributed by atoms with E-state index in [1.165, 1.54) is 19.3 Å². The highest BCUT2D eigenvalue weighted by Gasteiger charge is 2.28. The van der Waals surface area contributed by atoms with Crippen LogP contribution in [0.25, 0.3) is 0 Å². The van der Waals surface area contributed by atoms with Crippen LogP contribution in [0.1, 0.15) is 25.7 Å². The lowest BCUT2D eigenvalue weighted by molar-refractivity contribution is 0.0277. The molecule has 0 bridgehead atoms. The van der Waals surface area contributed by atoms with Gasteiger partial charge in [0, 0.05) is 0 Å². The molecule has 0 radical (unpaired) electrons. The van der Waals surface area contributed by atoms with E-state index in [9.17, 15) is 0 Å². The second-order valence-corrected chi connectivity index (χ2v) is 3.32. The molecular formula is C8H14N2O. The first-order valence-electron chi connectivity index (χ1n) is 4.30. The Bertz CT molecular complexity index is 179. The van der Waals surface area contributed by atoms with Crippen molar-refractivity contribution in [2.75, 3.05) is 6.61 Å². The van der Waals surface area contributed by atoms with E-state index in [-0.39, 0.29) is 0 Å². The zero-order valence-corrected chi connectivity index (χ0v) is 6.62. The third-order valence-electron chi connectivity index (χ3n) is 2.44. The quantitative estimate of drug-likeness (QED) is 0.558. The van der Waals surface area contributed by atoms with Crippen molar-refractivity contribution in [3.63, 3.8) is 0 Å². The van der Waals surface area contributed by atoms with Gasteiger partial charge in [0.2, 0.25) is 0 Å². The highest BCUT2D eigenvalue weighted by molar-refractivity contribution is 5.82. The number of rotatable bonds is 0. The molecule has 3 nitrogen and oxygen atoms in total. The summed E-state index contributed by atoms with van der Waals surface area (Å²) in [6, 6.07) is 0.373. The highest BCUT2D eigenvalue weighted by Crippen LogP contribution is 2.25. The maximum atomic E-state index is 5.57. The molecule has 0 aromatic heterocycles. The lowest BCUT2D eigenvalue weighted by atomic mass is 9.92. The Morgan fingerprint density at radius 3 is 3.09 bits per heavy atom. The average molecular weight is 154 g/mol. The van der Waals surface area contributed by atoms with E-state index in [0.29, 0.717) is 24.6 Å². The van der Waals surface area contributed by atoms with Gasteiger partial charge in [-0.05, 0) is 12.8 Å². The summed E-state index contributed by atoms with van der Waals surface area (Å²) in [7, 11) is 0. The third-order valence-corrected chi connectivity index (χ3v) is 2.44. The summed E-state index contributed by atoms with van der Waals surface area (Å²) in [5, 5.41) is 0. The normalized spacial score (nSPS) is 37.6. The largest absolute Gasteiger partial charge is 0.386 e. The van der Waals surface area contributed by atoms with Crippen molar-refractivity contribution in [3.8, 4) is 0 Å². The van der Waals surface area contributed by atoms with Gasteiger partial charge in [0.1, 0.15) is 12.4 Å². The second kappa shape index (κ2) is 2.81. The average Bonchev–Trinajstić information content (AvgIpc) is 2.04. The molecule has 1 saturated carbocycles. The van der Waals surface area contributed by atoms with E-state index in [2.05, 4.69) is 4.99 Å². The van der Waals surface area contributed by atoms with Gasteiger partial charge in [0.05, 0.1) is 12.1 Å². The van der Waals surface area contributed by atoms with Crippen molar-refractivity contribution in [1.82, 2.24) is 0 Å². The van der Waals surface area contributed by atoms with Crippen molar-refractivity contribution in [3.05, 3.63) is 0 Å². The summed E-state index contributed by atoms with van der Waals surface area (Å²) >= 11 is 0. The number of amidine groups is 1. The molecule has 62 valence electrons. The molecule has 0 saturated heterocycles. The smallest absolute Gasteiger partial charge is 0.120 e. The number of ether oxygens (including phenoxy) is 1. The van der Waals surface area contributed by atoms with Crippen LogP contribution in [0, 0.1) is 0 Å². The molecule has 2 N–H and O–H groups in total. The monoisotopic (exact) mass is 154 g/mol. The van der Waals surface area contributed by atoms with Gasteiger partial charge in [0.25, 0.3) is 0 Å². The lowest BCUT2D eigenvalue weighted by Crippen LogP contribution is -2.40. The molecule has 1 aliphatic heterocycles. The fourth-order valence-corrected chi connectivity index (χ4v) is 1.86. The van der Waals surface area contributed by atoms with Crippen LogP contribution in [0.15, 0.2) is 4.99 Å².